The van der Waals surface area contributed by atoms with E-state index in [0.717, 1.165) is 13.0 Å². The topological polar surface area (TPSA) is 78.6 Å². The first-order valence-electron chi connectivity index (χ1n) is 6.65. The fourth-order valence-corrected chi connectivity index (χ4v) is 2.45. The van der Waals surface area contributed by atoms with Gasteiger partial charge in [0.15, 0.2) is 0 Å². The van der Waals surface area contributed by atoms with Crippen LogP contribution in [0.25, 0.3) is 0 Å². The van der Waals surface area contributed by atoms with Gasteiger partial charge in [0.05, 0.1) is 5.56 Å². The van der Waals surface area contributed by atoms with Gasteiger partial charge in [0, 0.05) is 18.3 Å². The number of aromatic hydroxyl groups is 1. The summed E-state index contributed by atoms with van der Waals surface area (Å²) in [5, 5.41) is 12.3. The molecule has 0 aromatic heterocycles. The summed E-state index contributed by atoms with van der Waals surface area (Å²) in [4.78, 5) is 14.3. The van der Waals surface area contributed by atoms with Crippen LogP contribution in [0.3, 0.4) is 0 Å². The lowest BCUT2D eigenvalue weighted by Gasteiger charge is -2.32. The highest BCUT2D eigenvalue weighted by Crippen LogP contribution is 2.19. The molecule has 1 aliphatic heterocycles. The zero-order chi connectivity index (χ0) is 13.8. The number of rotatable bonds is 3. The van der Waals surface area contributed by atoms with E-state index in [0.29, 0.717) is 23.8 Å². The summed E-state index contributed by atoms with van der Waals surface area (Å²) in [6, 6.07) is 4.80. The number of nitrogens with two attached hydrogens (primary N) is 1. The number of anilines is 1. The quantitative estimate of drug-likeness (QED) is 0.565. The number of benzene rings is 1. The second kappa shape index (κ2) is 5.93. The molecular formula is C14H21N3O2. The Bertz CT molecular complexity index is 462. The fourth-order valence-electron chi connectivity index (χ4n) is 2.45. The summed E-state index contributed by atoms with van der Waals surface area (Å²) in [6.07, 6.45) is 3.53. The summed E-state index contributed by atoms with van der Waals surface area (Å²) in [6.45, 7) is 1.69. The monoisotopic (exact) mass is 263 g/mol. The minimum atomic E-state index is -0.229. The van der Waals surface area contributed by atoms with Gasteiger partial charge >= 0.3 is 0 Å². The van der Waals surface area contributed by atoms with Crippen molar-refractivity contribution in [2.75, 3.05) is 25.9 Å². The number of carbonyl (C=O) groups excluding carboxylic acids is 1. The average Bonchev–Trinajstić information content (AvgIpc) is 2.40. The molecule has 0 aliphatic carbocycles. The summed E-state index contributed by atoms with van der Waals surface area (Å²) in [5.41, 5.74) is 6.46. The number of phenols is 1. The predicted octanol–water partition coefficient (Wildman–Crippen LogP) is 1.19. The molecule has 1 unspecified atom stereocenters. The van der Waals surface area contributed by atoms with Gasteiger partial charge in [-0.1, -0.05) is 6.42 Å². The van der Waals surface area contributed by atoms with E-state index in [4.69, 9.17) is 5.73 Å². The fraction of sp³-hybridized carbons (Fsp3) is 0.500. The van der Waals surface area contributed by atoms with E-state index in [1.165, 1.54) is 31.0 Å². The number of hydrogen-bond acceptors (Lipinski definition) is 4. The summed E-state index contributed by atoms with van der Waals surface area (Å²) in [7, 11) is 2.08. The van der Waals surface area contributed by atoms with Crippen molar-refractivity contribution < 1.29 is 9.90 Å². The van der Waals surface area contributed by atoms with Crippen LogP contribution in [-0.2, 0) is 0 Å². The Morgan fingerprint density at radius 1 is 1.53 bits per heavy atom. The summed E-state index contributed by atoms with van der Waals surface area (Å²) in [5.74, 6) is -0.179. The third-order valence-electron chi connectivity index (χ3n) is 3.70. The van der Waals surface area contributed by atoms with E-state index in [-0.39, 0.29) is 11.7 Å². The highest BCUT2D eigenvalue weighted by molar-refractivity contribution is 5.99. The van der Waals surface area contributed by atoms with E-state index in [1.54, 1.807) is 0 Å². The zero-order valence-corrected chi connectivity index (χ0v) is 11.2. The second-order valence-electron chi connectivity index (χ2n) is 5.11. The van der Waals surface area contributed by atoms with Crippen LogP contribution in [-0.4, -0.2) is 42.1 Å². The molecule has 1 amide bonds. The van der Waals surface area contributed by atoms with Crippen LogP contribution in [0.1, 0.15) is 29.6 Å². The molecule has 1 aromatic rings. The van der Waals surface area contributed by atoms with Crippen molar-refractivity contribution >= 4 is 11.6 Å². The highest BCUT2D eigenvalue weighted by Gasteiger charge is 2.20. The first kappa shape index (κ1) is 13.7. The van der Waals surface area contributed by atoms with Crippen molar-refractivity contribution in [1.29, 1.82) is 0 Å². The second-order valence-corrected chi connectivity index (χ2v) is 5.11. The normalized spacial score (nSPS) is 20.2. The molecule has 104 valence electrons. The Balaban J connectivity index is 1.95. The Morgan fingerprint density at radius 2 is 2.32 bits per heavy atom. The van der Waals surface area contributed by atoms with Crippen LogP contribution in [0.15, 0.2) is 18.2 Å². The number of hydrogen-bond donors (Lipinski definition) is 3. The number of phenolic OH excluding ortho intramolecular Hbond substituents is 1. The number of piperidine rings is 1. The number of likely N-dealkylation sites (tertiary alicyclic amines) is 1. The smallest absolute Gasteiger partial charge is 0.253 e. The lowest BCUT2D eigenvalue weighted by molar-refractivity contribution is 0.0929. The summed E-state index contributed by atoms with van der Waals surface area (Å²) < 4.78 is 0. The molecule has 1 saturated heterocycles. The Hall–Kier alpha value is -1.75. The molecule has 0 bridgehead atoms. The van der Waals surface area contributed by atoms with Gasteiger partial charge < -0.3 is 21.1 Å². The maximum Gasteiger partial charge on any atom is 0.253 e. The molecule has 0 saturated carbocycles. The van der Waals surface area contributed by atoms with Crippen molar-refractivity contribution in [2.45, 2.75) is 25.3 Å². The lowest BCUT2D eigenvalue weighted by atomic mass is 10.0. The van der Waals surface area contributed by atoms with E-state index < -0.39 is 0 Å². The van der Waals surface area contributed by atoms with Gasteiger partial charge in [-0.2, -0.15) is 0 Å². The maximum absolute atomic E-state index is 12.0. The van der Waals surface area contributed by atoms with Crippen LogP contribution in [0.2, 0.25) is 0 Å². The van der Waals surface area contributed by atoms with Gasteiger partial charge in [-0.15, -0.1) is 0 Å². The van der Waals surface area contributed by atoms with Crippen molar-refractivity contribution in [3.8, 4) is 5.75 Å². The van der Waals surface area contributed by atoms with Gasteiger partial charge in [-0.3, -0.25) is 4.79 Å². The van der Waals surface area contributed by atoms with Crippen LogP contribution >= 0.6 is 0 Å². The van der Waals surface area contributed by atoms with Crippen LogP contribution in [0.4, 0.5) is 5.69 Å². The van der Waals surface area contributed by atoms with Crippen molar-refractivity contribution in [3.63, 3.8) is 0 Å². The SMILES string of the molecule is CN1CCCCC1CNC(=O)c1cc(O)ccc1N. The van der Waals surface area contributed by atoms with E-state index in [9.17, 15) is 9.90 Å². The molecule has 1 fully saturated rings. The minimum absolute atomic E-state index is 0.0501. The molecule has 5 heteroatoms. The molecule has 1 atom stereocenters. The number of nitrogens with one attached hydrogen (secondary N) is 1. The third-order valence-corrected chi connectivity index (χ3v) is 3.70. The Kier molecular flexibility index (Phi) is 4.27. The number of amides is 1. The van der Waals surface area contributed by atoms with Gasteiger partial charge in [0.25, 0.3) is 5.91 Å². The van der Waals surface area contributed by atoms with Crippen LogP contribution in [0.5, 0.6) is 5.75 Å². The molecule has 0 radical (unpaired) electrons. The number of nitrogens with zero attached hydrogens (tertiary/aromatic N) is 1. The molecule has 1 aromatic carbocycles. The summed E-state index contributed by atoms with van der Waals surface area (Å²) >= 11 is 0. The number of likely N-dealkylation sites (N-methyl/N-ethyl adjacent to an activating group) is 1. The molecule has 0 spiro atoms. The Labute approximate surface area is 113 Å². The molecule has 1 heterocycles. The Morgan fingerprint density at radius 3 is 3.05 bits per heavy atom. The average molecular weight is 263 g/mol. The van der Waals surface area contributed by atoms with Crippen LogP contribution in [0, 0.1) is 0 Å². The molecule has 4 N–H and O–H groups in total. The first-order valence-corrected chi connectivity index (χ1v) is 6.65. The van der Waals surface area contributed by atoms with Crippen molar-refractivity contribution in [1.82, 2.24) is 10.2 Å². The highest BCUT2D eigenvalue weighted by atomic mass is 16.3. The molecule has 19 heavy (non-hydrogen) atoms. The number of carbonyl (C=O) groups is 1. The first-order chi connectivity index (χ1) is 9.08. The molecule has 2 rings (SSSR count). The van der Waals surface area contributed by atoms with Crippen LogP contribution < -0.4 is 11.1 Å². The third kappa shape index (κ3) is 3.38. The predicted molar refractivity (Wildman–Crippen MR) is 75.1 cm³/mol. The minimum Gasteiger partial charge on any atom is -0.508 e. The van der Waals surface area contributed by atoms with E-state index in [2.05, 4.69) is 17.3 Å². The van der Waals surface area contributed by atoms with Gasteiger partial charge in [0.2, 0.25) is 0 Å². The largest absolute Gasteiger partial charge is 0.508 e. The standard InChI is InChI=1S/C14H21N3O2/c1-17-7-3-2-4-10(17)9-16-14(19)12-8-11(18)5-6-13(12)15/h5-6,8,10,18H,2-4,7,9,15H2,1H3,(H,16,19). The zero-order valence-electron chi connectivity index (χ0n) is 11.2. The van der Waals surface area contributed by atoms with Gasteiger partial charge in [0.1, 0.15) is 5.75 Å². The maximum atomic E-state index is 12.0. The van der Waals surface area contributed by atoms with E-state index >= 15 is 0 Å². The van der Waals surface area contributed by atoms with Gasteiger partial charge in [-0.05, 0) is 44.6 Å². The lowest BCUT2D eigenvalue weighted by Crippen LogP contribution is -2.44. The number of nitrogen functional groups attached to an aromatic ring is 1. The van der Waals surface area contributed by atoms with Crippen molar-refractivity contribution in [2.24, 2.45) is 0 Å². The van der Waals surface area contributed by atoms with Crippen molar-refractivity contribution in [3.05, 3.63) is 23.8 Å². The van der Waals surface area contributed by atoms with E-state index in [1.807, 2.05) is 0 Å². The molecular weight excluding hydrogens is 242 g/mol. The van der Waals surface area contributed by atoms with Gasteiger partial charge in [-0.25, -0.2) is 0 Å². The molecule has 1 aliphatic rings. The molecule has 5 nitrogen and oxygen atoms in total.